The predicted molar refractivity (Wildman–Crippen MR) is 85.8 cm³/mol. The fourth-order valence-corrected chi connectivity index (χ4v) is 2.71. The van der Waals surface area contributed by atoms with E-state index in [0.717, 1.165) is 11.1 Å². The first kappa shape index (κ1) is 13.7. The Morgan fingerprint density at radius 2 is 1.48 bits per heavy atom. The van der Waals surface area contributed by atoms with Gasteiger partial charge in [-0.3, -0.25) is 4.79 Å². The van der Waals surface area contributed by atoms with Crippen molar-refractivity contribution in [2.24, 2.45) is 0 Å². The first-order chi connectivity index (χ1) is 10.3. The lowest BCUT2D eigenvalue weighted by Gasteiger charge is -2.21. The van der Waals surface area contributed by atoms with Crippen molar-refractivity contribution < 1.29 is 0 Å². The SMILES string of the molecule is O=c1ccccn1C(c1ccccc1)c1ccccc1Cl. The van der Waals surface area contributed by atoms with Crippen LogP contribution in [0.25, 0.3) is 0 Å². The number of nitrogens with zero attached hydrogens (tertiary/aromatic N) is 1. The Morgan fingerprint density at radius 3 is 2.19 bits per heavy atom. The molecule has 1 unspecified atom stereocenters. The summed E-state index contributed by atoms with van der Waals surface area (Å²) < 4.78 is 1.70. The molecule has 3 rings (SSSR count). The number of halogens is 1. The highest BCUT2D eigenvalue weighted by molar-refractivity contribution is 6.31. The lowest BCUT2D eigenvalue weighted by atomic mass is 9.98. The highest BCUT2D eigenvalue weighted by Crippen LogP contribution is 2.30. The zero-order valence-electron chi connectivity index (χ0n) is 11.3. The summed E-state index contributed by atoms with van der Waals surface area (Å²) in [5.41, 5.74) is 1.89. The molecule has 0 N–H and O–H groups in total. The van der Waals surface area contributed by atoms with Crippen molar-refractivity contribution in [1.82, 2.24) is 4.57 Å². The Hall–Kier alpha value is -2.32. The van der Waals surface area contributed by atoms with Crippen LogP contribution in [0.4, 0.5) is 0 Å². The van der Waals surface area contributed by atoms with Crippen LogP contribution in [0.1, 0.15) is 17.2 Å². The van der Waals surface area contributed by atoms with E-state index in [9.17, 15) is 4.79 Å². The standard InChI is InChI=1S/C18H14ClNO/c19-16-11-5-4-10-15(16)18(14-8-2-1-3-9-14)20-13-7-6-12-17(20)21/h1-13,18H. The third-order valence-electron chi connectivity index (χ3n) is 3.44. The van der Waals surface area contributed by atoms with E-state index in [1.807, 2.05) is 60.7 Å². The van der Waals surface area contributed by atoms with Crippen LogP contribution >= 0.6 is 11.6 Å². The molecule has 1 aromatic heterocycles. The molecule has 1 atom stereocenters. The third kappa shape index (κ3) is 2.76. The molecule has 0 amide bonds. The van der Waals surface area contributed by atoms with Crippen molar-refractivity contribution in [2.45, 2.75) is 6.04 Å². The Kier molecular flexibility index (Phi) is 3.89. The summed E-state index contributed by atoms with van der Waals surface area (Å²) in [5.74, 6) is 0. The van der Waals surface area contributed by atoms with Gasteiger partial charge >= 0.3 is 0 Å². The smallest absolute Gasteiger partial charge is 0.251 e. The van der Waals surface area contributed by atoms with Gasteiger partial charge in [0.25, 0.3) is 5.56 Å². The summed E-state index contributed by atoms with van der Waals surface area (Å²) >= 11 is 6.36. The first-order valence-corrected chi connectivity index (χ1v) is 7.12. The molecule has 0 aliphatic rings. The lowest BCUT2D eigenvalue weighted by molar-refractivity contribution is 0.650. The number of rotatable bonds is 3. The van der Waals surface area contributed by atoms with Crippen LogP contribution < -0.4 is 5.56 Å². The Bertz CT molecular complexity index is 795. The van der Waals surface area contributed by atoms with Gasteiger partial charge in [-0.15, -0.1) is 0 Å². The van der Waals surface area contributed by atoms with Gasteiger partial charge in [0.15, 0.2) is 0 Å². The predicted octanol–water partition coefficient (Wildman–Crippen LogP) is 4.14. The molecule has 21 heavy (non-hydrogen) atoms. The number of benzene rings is 2. The summed E-state index contributed by atoms with van der Waals surface area (Å²) in [6.07, 6.45) is 1.79. The Labute approximate surface area is 128 Å². The molecular weight excluding hydrogens is 282 g/mol. The number of hydrogen-bond acceptors (Lipinski definition) is 1. The van der Waals surface area contributed by atoms with Crippen molar-refractivity contribution in [3.8, 4) is 0 Å². The summed E-state index contributed by atoms with van der Waals surface area (Å²) in [4.78, 5) is 12.2. The molecule has 0 radical (unpaired) electrons. The quantitative estimate of drug-likeness (QED) is 0.712. The van der Waals surface area contributed by atoms with Crippen molar-refractivity contribution in [3.05, 3.63) is 105 Å². The average Bonchev–Trinajstić information content (AvgIpc) is 2.52. The molecule has 0 aliphatic heterocycles. The average molecular weight is 296 g/mol. The minimum absolute atomic E-state index is 0.0497. The van der Waals surface area contributed by atoms with Crippen molar-refractivity contribution in [2.75, 3.05) is 0 Å². The molecule has 3 aromatic rings. The summed E-state index contributed by atoms with van der Waals surface area (Å²) in [5, 5.41) is 0.655. The molecule has 0 bridgehead atoms. The molecule has 0 saturated carbocycles. The highest BCUT2D eigenvalue weighted by Gasteiger charge is 2.19. The van der Waals surface area contributed by atoms with Gasteiger partial charge in [0, 0.05) is 17.3 Å². The second-order valence-corrected chi connectivity index (χ2v) is 5.19. The van der Waals surface area contributed by atoms with E-state index < -0.39 is 0 Å². The van der Waals surface area contributed by atoms with Gasteiger partial charge in [-0.05, 0) is 23.3 Å². The fourth-order valence-electron chi connectivity index (χ4n) is 2.48. The van der Waals surface area contributed by atoms with E-state index in [1.54, 1.807) is 22.9 Å². The Balaban J connectivity index is 2.24. The van der Waals surface area contributed by atoms with Crippen LogP contribution in [0, 0.1) is 0 Å². The van der Waals surface area contributed by atoms with Gasteiger partial charge < -0.3 is 4.57 Å². The van der Waals surface area contributed by atoms with E-state index in [-0.39, 0.29) is 11.6 Å². The molecule has 2 aromatic carbocycles. The molecular formula is C18H14ClNO. The molecule has 0 aliphatic carbocycles. The third-order valence-corrected chi connectivity index (χ3v) is 3.79. The minimum atomic E-state index is -0.228. The van der Waals surface area contributed by atoms with Crippen LogP contribution in [-0.2, 0) is 0 Å². The Morgan fingerprint density at radius 1 is 0.810 bits per heavy atom. The number of pyridine rings is 1. The van der Waals surface area contributed by atoms with Crippen LogP contribution in [-0.4, -0.2) is 4.57 Å². The van der Waals surface area contributed by atoms with E-state index in [4.69, 9.17) is 11.6 Å². The van der Waals surface area contributed by atoms with Crippen LogP contribution in [0.3, 0.4) is 0 Å². The zero-order valence-corrected chi connectivity index (χ0v) is 12.1. The highest BCUT2D eigenvalue weighted by atomic mass is 35.5. The minimum Gasteiger partial charge on any atom is -0.304 e. The van der Waals surface area contributed by atoms with Gasteiger partial charge in [0.1, 0.15) is 0 Å². The van der Waals surface area contributed by atoms with E-state index in [0.29, 0.717) is 5.02 Å². The number of aromatic nitrogens is 1. The maximum absolute atomic E-state index is 12.2. The molecule has 0 saturated heterocycles. The maximum atomic E-state index is 12.2. The summed E-state index contributed by atoms with van der Waals surface area (Å²) in [7, 11) is 0. The van der Waals surface area contributed by atoms with Crippen LogP contribution in [0.5, 0.6) is 0 Å². The fraction of sp³-hybridized carbons (Fsp3) is 0.0556. The second kappa shape index (κ2) is 5.98. The largest absolute Gasteiger partial charge is 0.304 e. The van der Waals surface area contributed by atoms with Gasteiger partial charge in [0.2, 0.25) is 0 Å². The lowest BCUT2D eigenvalue weighted by Crippen LogP contribution is -2.25. The number of hydrogen-bond donors (Lipinski definition) is 0. The van der Waals surface area contributed by atoms with Gasteiger partial charge in [-0.25, -0.2) is 0 Å². The van der Waals surface area contributed by atoms with Gasteiger partial charge in [0.05, 0.1) is 6.04 Å². The first-order valence-electron chi connectivity index (χ1n) is 6.74. The topological polar surface area (TPSA) is 22.0 Å². The molecule has 0 spiro atoms. The molecule has 1 heterocycles. The van der Waals surface area contributed by atoms with Crippen molar-refractivity contribution >= 4 is 11.6 Å². The molecule has 2 nitrogen and oxygen atoms in total. The summed E-state index contributed by atoms with van der Waals surface area (Å²) in [6.45, 7) is 0. The van der Waals surface area contributed by atoms with Crippen molar-refractivity contribution in [1.29, 1.82) is 0 Å². The second-order valence-electron chi connectivity index (χ2n) is 4.78. The van der Waals surface area contributed by atoms with E-state index in [2.05, 4.69) is 0 Å². The van der Waals surface area contributed by atoms with Gasteiger partial charge in [-0.1, -0.05) is 66.2 Å². The van der Waals surface area contributed by atoms with Gasteiger partial charge in [-0.2, -0.15) is 0 Å². The molecule has 104 valence electrons. The molecule has 0 fully saturated rings. The van der Waals surface area contributed by atoms with Crippen molar-refractivity contribution in [3.63, 3.8) is 0 Å². The summed E-state index contributed by atoms with van der Waals surface area (Å²) in [6, 6.07) is 22.5. The van der Waals surface area contributed by atoms with Crippen LogP contribution in [0.2, 0.25) is 5.02 Å². The normalized spacial score (nSPS) is 12.0. The maximum Gasteiger partial charge on any atom is 0.251 e. The monoisotopic (exact) mass is 295 g/mol. The van der Waals surface area contributed by atoms with E-state index in [1.165, 1.54) is 0 Å². The van der Waals surface area contributed by atoms with Crippen LogP contribution in [0.15, 0.2) is 83.8 Å². The zero-order chi connectivity index (χ0) is 14.7. The molecule has 3 heteroatoms. The van der Waals surface area contributed by atoms with E-state index >= 15 is 0 Å².